The summed E-state index contributed by atoms with van der Waals surface area (Å²) in [5.41, 5.74) is 0. The maximum atomic E-state index is 5.53. The highest BCUT2D eigenvalue weighted by Crippen LogP contribution is 2.25. The fraction of sp³-hybridized carbons (Fsp3) is 0.818. The zero-order valence-electron chi connectivity index (χ0n) is 8.80. The molecule has 1 fully saturated rings. The van der Waals surface area contributed by atoms with Gasteiger partial charge in [0.25, 0.3) is 0 Å². The lowest BCUT2D eigenvalue weighted by Gasteiger charge is -2.21. The first kappa shape index (κ1) is 12.5. The third kappa shape index (κ3) is 4.75. The van der Waals surface area contributed by atoms with Crippen LogP contribution in [0.1, 0.15) is 39.0 Å². The lowest BCUT2D eigenvalue weighted by atomic mass is 10.1. The van der Waals surface area contributed by atoms with Crippen molar-refractivity contribution in [3.8, 4) is 0 Å². The summed E-state index contributed by atoms with van der Waals surface area (Å²) in [6, 6.07) is 0. The first-order chi connectivity index (χ1) is 6.77. The molecule has 82 valence electrons. The molecule has 0 unspecified atom stereocenters. The van der Waals surface area contributed by atoms with Crippen LogP contribution in [-0.2, 0) is 9.47 Å². The molecule has 0 bridgehead atoms. The molecule has 3 heteroatoms. The number of unbranched alkanes of at least 4 members (excludes halogenated alkanes) is 3. The van der Waals surface area contributed by atoms with Gasteiger partial charge in [0.1, 0.15) is 0 Å². The van der Waals surface area contributed by atoms with E-state index in [0.717, 1.165) is 19.6 Å². The van der Waals surface area contributed by atoms with Gasteiger partial charge in [0, 0.05) is 6.42 Å². The van der Waals surface area contributed by atoms with Crippen molar-refractivity contribution in [2.24, 2.45) is 0 Å². The Morgan fingerprint density at radius 3 is 2.57 bits per heavy atom. The number of allylic oxidation sites excluding steroid dienone is 1. The third-order valence-electron chi connectivity index (χ3n) is 2.49. The van der Waals surface area contributed by atoms with E-state index >= 15 is 0 Å². The second kappa shape index (κ2) is 6.80. The van der Waals surface area contributed by atoms with E-state index in [2.05, 4.69) is 32.7 Å². The summed E-state index contributed by atoms with van der Waals surface area (Å²) in [6.07, 6.45) is 8.18. The smallest absolute Gasteiger partial charge is 0.165 e. The third-order valence-corrected chi connectivity index (χ3v) is 3.00. The molecule has 1 aliphatic heterocycles. The number of ether oxygens (including phenoxy) is 2. The largest absolute Gasteiger partial charge is 0.348 e. The van der Waals surface area contributed by atoms with E-state index in [0.29, 0.717) is 0 Å². The first-order valence-electron chi connectivity index (χ1n) is 5.30. The zero-order chi connectivity index (χ0) is 10.3. The Bertz CT molecular complexity index is 174. The lowest BCUT2D eigenvalue weighted by molar-refractivity contribution is -0.147. The van der Waals surface area contributed by atoms with Gasteiger partial charge in [-0.05, 0) is 30.3 Å². The minimum atomic E-state index is -0.279. The Balaban J connectivity index is 1.97. The van der Waals surface area contributed by atoms with Crippen LogP contribution in [0.15, 0.2) is 10.2 Å². The topological polar surface area (TPSA) is 18.5 Å². The van der Waals surface area contributed by atoms with Crippen molar-refractivity contribution in [3.05, 3.63) is 10.2 Å². The quantitative estimate of drug-likeness (QED) is 0.551. The summed E-state index contributed by atoms with van der Waals surface area (Å²) in [5.74, 6) is -0.279. The molecule has 0 N–H and O–H groups in total. The lowest BCUT2D eigenvalue weighted by Crippen LogP contribution is -2.24. The van der Waals surface area contributed by atoms with Gasteiger partial charge < -0.3 is 9.47 Å². The second-order valence-electron chi connectivity index (χ2n) is 3.79. The van der Waals surface area contributed by atoms with Crippen LogP contribution in [0.25, 0.3) is 0 Å². The summed E-state index contributed by atoms with van der Waals surface area (Å²) in [4.78, 5) is 0. The van der Waals surface area contributed by atoms with E-state index in [4.69, 9.17) is 9.47 Å². The molecule has 1 heterocycles. The number of halogens is 1. The number of hydrogen-bond acceptors (Lipinski definition) is 2. The molecular weight excluding hydrogens is 291 g/mol. The first-order valence-corrected chi connectivity index (χ1v) is 6.54. The molecule has 0 aromatic rings. The van der Waals surface area contributed by atoms with Crippen molar-refractivity contribution < 1.29 is 9.47 Å². The fourth-order valence-corrected chi connectivity index (χ4v) is 2.01. The standard InChI is InChI=1S/C11H19IO2/c1-11(13-9-10-14-11)7-5-3-2-4-6-8-12/h6,8H,2-5,7,9-10H2,1H3/b8-6-. The summed E-state index contributed by atoms with van der Waals surface area (Å²) < 4.78 is 13.1. The molecular formula is C11H19IO2. The van der Waals surface area contributed by atoms with Crippen LogP contribution in [0.3, 0.4) is 0 Å². The van der Waals surface area contributed by atoms with Gasteiger partial charge in [-0.2, -0.15) is 0 Å². The Labute approximate surface area is 100 Å². The van der Waals surface area contributed by atoms with Crippen LogP contribution in [-0.4, -0.2) is 19.0 Å². The molecule has 14 heavy (non-hydrogen) atoms. The highest BCUT2D eigenvalue weighted by atomic mass is 127. The van der Waals surface area contributed by atoms with E-state index in [1.807, 2.05) is 6.92 Å². The van der Waals surface area contributed by atoms with Crippen LogP contribution in [0.4, 0.5) is 0 Å². The molecule has 0 saturated carbocycles. The van der Waals surface area contributed by atoms with E-state index in [-0.39, 0.29) is 5.79 Å². The second-order valence-corrected chi connectivity index (χ2v) is 4.51. The van der Waals surface area contributed by atoms with Gasteiger partial charge in [0.05, 0.1) is 13.2 Å². The summed E-state index contributed by atoms with van der Waals surface area (Å²) in [7, 11) is 0. The summed E-state index contributed by atoms with van der Waals surface area (Å²) >= 11 is 2.26. The van der Waals surface area contributed by atoms with Gasteiger partial charge in [-0.3, -0.25) is 0 Å². The average Bonchev–Trinajstić information content (AvgIpc) is 2.59. The van der Waals surface area contributed by atoms with Crippen molar-refractivity contribution in [3.63, 3.8) is 0 Å². The summed E-state index contributed by atoms with van der Waals surface area (Å²) in [5, 5.41) is 0. The Hall–Kier alpha value is 0.390. The van der Waals surface area contributed by atoms with Crippen LogP contribution in [0.2, 0.25) is 0 Å². The predicted molar refractivity (Wildman–Crippen MR) is 66.6 cm³/mol. The zero-order valence-corrected chi connectivity index (χ0v) is 11.0. The minimum absolute atomic E-state index is 0.279. The van der Waals surface area contributed by atoms with Gasteiger partial charge in [0.2, 0.25) is 0 Å². The van der Waals surface area contributed by atoms with Gasteiger partial charge >= 0.3 is 0 Å². The SMILES string of the molecule is CC1(CCCCC/C=C\I)OCCO1. The average molecular weight is 310 g/mol. The van der Waals surface area contributed by atoms with E-state index < -0.39 is 0 Å². The molecule has 1 saturated heterocycles. The van der Waals surface area contributed by atoms with Crippen molar-refractivity contribution in [2.75, 3.05) is 13.2 Å². The Morgan fingerprint density at radius 2 is 1.93 bits per heavy atom. The molecule has 0 spiro atoms. The molecule has 0 aromatic carbocycles. The highest BCUT2D eigenvalue weighted by Gasteiger charge is 2.29. The molecule has 0 aliphatic carbocycles. The summed E-state index contributed by atoms with van der Waals surface area (Å²) in [6.45, 7) is 3.56. The van der Waals surface area contributed by atoms with E-state index in [1.54, 1.807) is 0 Å². The van der Waals surface area contributed by atoms with Crippen molar-refractivity contribution in [2.45, 2.75) is 44.8 Å². The van der Waals surface area contributed by atoms with Crippen molar-refractivity contribution in [1.29, 1.82) is 0 Å². The molecule has 2 nitrogen and oxygen atoms in total. The van der Waals surface area contributed by atoms with Crippen molar-refractivity contribution >= 4 is 22.6 Å². The van der Waals surface area contributed by atoms with Crippen LogP contribution >= 0.6 is 22.6 Å². The van der Waals surface area contributed by atoms with Crippen molar-refractivity contribution in [1.82, 2.24) is 0 Å². The fourth-order valence-electron chi connectivity index (χ4n) is 1.65. The Morgan fingerprint density at radius 1 is 1.21 bits per heavy atom. The highest BCUT2D eigenvalue weighted by molar-refractivity contribution is 14.1. The van der Waals surface area contributed by atoms with Crippen LogP contribution < -0.4 is 0 Å². The Kier molecular flexibility index (Phi) is 6.05. The normalized spacial score (nSPS) is 20.7. The number of rotatable bonds is 6. The molecule has 1 aliphatic rings. The van der Waals surface area contributed by atoms with E-state index in [9.17, 15) is 0 Å². The maximum absolute atomic E-state index is 5.53. The predicted octanol–water partition coefficient (Wildman–Crippen LogP) is 3.65. The molecule has 0 radical (unpaired) electrons. The van der Waals surface area contributed by atoms with Gasteiger partial charge in [-0.1, -0.05) is 35.1 Å². The van der Waals surface area contributed by atoms with Gasteiger partial charge in [-0.15, -0.1) is 0 Å². The van der Waals surface area contributed by atoms with Gasteiger partial charge in [-0.25, -0.2) is 0 Å². The molecule has 0 amide bonds. The monoisotopic (exact) mass is 310 g/mol. The van der Waals surface area contributed by atoms with Crippen LogP contribution in [0, 0.1) is 0 Å². The number of hydrogen-bond donors (Lipinski definition) is 0. The van der Waals surface area contributed by atoms with Gasteiger partial charge in [0.15, 0.2) is 5.79 Å². The maximum Gasteiger partial charge on any atom is 0.165 e. The molecule has 0 aromatic heterocycles. The molecule has 0 atom stereocenters. The van der Waals surface area contributed by atoms with E-state index in [1.165, 1.54) is 25.7 Å². The van der Waals surface area contributed by atoms with Crippen LogP contribution in [0.5, 0.6) is 0 Å². The molecule has 1 rings (SSSR count). The minimum Gasteiger partial charge on any atom is -0.348 e.